The van der Waals surface area contributed by atoms with Crippen molar-refractivity contribution in [2.45, 2.75) is 0 Å². The number of amides is 1. The van der Waals surface area contributed by atoms with Crippen molar-refractivity contribution >= 4 is 28.1 Å². The van der Waals surface area contributed by atoms with Crippen molar-refractivity contribution < 1.29 is 4.79 Å². The Kier molecular flexibility index (Phi) is 2.82. The van der Waals surface area contributed by atoms with Crippen LogP contribution in [-0.4, -0.2) is 22.5 Å². The van der Waals surface area contributed by atoms with Crippen LogP contribution in [0.1, 0.15) is 10.5 Å². The number of para-hydroxylation sites is 1. The molecule has 2 aromatic rings. The molecule has 0 aliphatic rings. The maximum Gasteiger partial charge on any atom is 0.272 e. The molecule has 0 unspecified atom stereocenters. The van der Waals surface area contributed by atoms with E-state index < -0.39 is 5.91 Å². The normalized spacial score (nSPS) is 10.1. The highest BCUT2D eigenvalue weighted by atomic mass is 32.1. The molecule has 1 amide bonds. The third-order valence-electron chi connectivity index (χ3n) is 2.15. The van der Waals surface area contributed by atoms with Crippen molar-refractivity contribution in [2.24, 2.45) is 5.73 Å². The molecule has 0 saturated carbocycles. The number of hydrogen-bond donors (Lipinski definition) is 1. The first-order chi connectivity index (χ1) is 7.70. The summed E-state index contributed by atoms with van der Waals surface area (Å²) in [4.78, 5) is 13.0. The number of nitrogens with two attached hydrogens (primary N) is 1. The summed E-state index contributed by atoms with van der Waals surface area (Å²) in [5.41, 5.74) is 6.37. The van der Waals surface area contributed by atoms with Crippen molar-refractivity contribution in [3.05, 3.63) is 36.0 Å². The lowest BCUT2D eigenvalue weighted by atomic mass is 10.3. The number of carbonyl (C=O) groups excluding carboxylic acids is 1. The Hall–Kier alpha value is -1.95. The standard InChI is InChI=1S/C10H10N4OS/c1-14(7-5-3-2-4-6-7)10-8(9(11)15)12-13-16-10/h2-6H,1H3,(H2,11,15). The van der Waals surface area contributed by atoms with Crippen LogP contribution in [0.3, 0.4) is 0 Å². The topological polar surface area (TPSA) is 72.1 Å². The molecule has 6 heteroatoms. The maximum absolute atomic E-state index is 11.1. The summed E-state index contributed by atoms with van der Waals surface area (Å²) in [6.45, 7) is 0. The zero-order valence-electron chi connectivity index (χ0n) is 8.62. The predicted octanol–water partition coefficient (Wildman–Crippen LogP) is 1.40. The monoisotopic (exact) mass is 234 g/mol. The van der Waals surface area contributed by atoms with Gasteiger partial charge in [0.25, 0.3) is 5.91 Å². The predicted molar refractivity (Wildman–Crippen MR) is 62.9 cm³/mol. The molecule has 0 fully saturated rings. The van der Waals surface area contributed by atoms with Gasteiger partial charge in [0.15, 0.2) is 5.69 Å². The van der Waals surface area contributed by atoms with Gasteiger partial charge in [0.2, 0.25) is 0 Å². The van der Waals surface area contributed by atoms with Crippen LogP contribution < -0.4 is 10.6 Å². The number of rotatable bonds is 3. The molecule has 0 atom stereocenters. The molecule has 16 heavy (non-hydrogen) atoms. The molecular weight excluding hydrogens is 224 g/mol. The second-order valence-corrected chi connectivity index (χ2v) is 3.92. The minimum Gasteiger partial charge on any atom is -0.364 e. The Labute approximate surface area is 96.7 Å². The summed E-state index contributed by atoms with van der Waals surface area (Å²) in [6.07, 6.45) is 0. The summed E-state index contributed by atoms with van der Waals surface area (Å²) in [5.74, 6) is -0.563. The van der Waals surface area contributed by atoms with E-state index in [1.807, 2.05) is 42.3 Å². The third kappa shape index (κ3) is 1.87. The van der Waals surface area contributed by atoms with E-state index in [0.29, 0.717) is 5.00 Å². The van der Waals surface area contributed by atoms with Crippen LogP contribution in [0.15, 0.2) is 30.3 Å². The molecule has 1 aromatic carbocycles. The zero-order chi connectivity index (χ0) is 11.5. The largest absolute Gasteiger partial charge is 0.364 e. The smallest absolute Gasteiger partial charge is 0.272 e. The number of carbonyl (C=O) groups is 1. The fourth-order valence-electron chi connectivity index (χ4n) is 1.33. The molecule has 2 N–H and O–H groups in total. The van der Waals surface area contributed by atoms with Crippen molar-refractivity contribution in [3.63, 3.8) is 0 Å². The fraction of sp³-hybridized carbons (Fsp3) is 0.100. The van der Waals surface area contributed by atoms with Gasteiger partial charge in [-0.15, -0.1) is 5.10 Å². The Balaban J connectivity index is 2.38. The lowest BCUT2D eigenvalue weighted by molar-refractivity contribution is 0.0996. The summed E-state index contributed by atoms with van der Waals surface area (Å²) < 4.78 is 3.74. The van der Waals surface area contributed by atoms with Gasteiger partial charge in [-0.25, -0.2) is 0 Å². The van der Waals surface area contributed by atoms with Crippen LogP contribution >= 0.6 is 11.5 Å². The van der Waals surface area contributed by atoms with Crippen LogP contribution in [0.25, 0.3) is 0 Å². The van der Waals surface area contributed by atoms with Crippen LogP contribution in [0, 0.1) is 0 Å². The van der Waals surface area contributed by atoms with Crippen LogP contribution in [0.4, 0.5) is 10.7 Å². The van der Waals surface area contributed by atoms with Crippen molar-refractivity contribution in [1.82, 2.24) is 9.59 Å². The van der Waals surface area contributed by atoms with Crippen LogP contribution in [0.2, 0.25) is 0 Å². The highest BCUT2D eigenvalue weighted by Crippen LogP contribution is 2.28. The summed E-state index contributed by atoms with van der Waals surface area (Å²) >= 11 is 1.14. The van der Waals surface area contributed by atoms with E-state index in [-0.39, 0.29) is 5.69 Å². The van der Waals surface area contributed by atoms with Gasteiger partial charge >= 0.3 is 0 Å². The first kappa shape index (κ1) is 10.6. The molecule has 82 valence electrons. The molecule has 2 rings (SSSR count). The Bertz CT molecular complexity index is 497. The first-order valence-corrected chi connectivity index (χ1v) is 5.38. The van der Waals surface area contributed by atoms with E-state index in [1.54, 1.807) is 0 Å². The van der Waals surface area contributed by atoms with E-state index in [0.717, 1.165) is 17.2 Å². The number of anilines is 2. The average molecular weight is 234 g/mol. The average Bonchev–Trinajstić information content (AvgIpc) is 2.78. The zero-order valence-corrected chi connectivity index (χ0v) is 9.44. The molecular formula is C10H10N4OS. The maximum atomic E-state index is 11.1. The van der Waals surface area contributed by atoms with Gasteiger partial charge in [-0.1, -0.05) is 22.7 Å². The second kappa shape index (κ2) is 4.28. The number of benzene rings is 1. The summed E-state index contributed by atoms with van der Waals surface area (Å²) in [5, 5.41) is 4.37. The third-order valence-corrected chi connectivity index (χ3v) is 2.96. The molecule has 0 spiro atoms. The highest BCUT2D eigenvalue weighted by Gasteiger charge is 2.17. The minimum absolute atomic E-state index is 0.205. The molecule has 5 nitrogen and oxygen atoms in total. The van der Waals surface area contributed by atoms with Gasteiger partial charge < -0.3 is 10.6 Å². The first-order valence-electron chi connectivity index (χ1n) is 4.61. The van der Waals surface area contributed by atoms with Gasteiger partial charge in [0.05, 0.1) is 0 Å². The number of primary amides is 1. The summed E-state index contributed by atoms with van der Waals surface area (Å²) in [6, 6.07) is 9.64. The number of aromatic nitrogens is 2. The van der Waals surface area contributed by atoms with E-state index in [4.69, 9.17) is 5.73 Å². The van der Waals surface area contributed by atoms with Gasteiger partial charge in [-0.05, 0) is 12.1 Å². The lowest BCUT2D eigenvalue weighted by Gasteiger charge is -2.16. The van der Waals surface area contributed by atoms with Gasteiger partial charge in [0, 0.05) is 24.3 Å². The van der Waals surface area contributed by atoms with E-state index >= 15 is 0 Å². The fourth-order valence-corrected chi connectivity index (χ4v) is 1.99. The van der Waals surface area contributed by atoms with E-state index in [9.17, 15) is 4.79 Å². The lowest BCUT2D eigenvalue weighted by Crippen LogP contribution is -2.17. The molecule has 0 aliphatic heterocycles. The number of nitrogens with zero attached hydrogens (tertiary/aromatic N) is 3. The van der Waals surface area contributed by atoms with E-state index in [2.05, 4.69) is 9.59 Å². The summed E-state index contributed by atoms with van der Waals surface area (Å²) in [7, 11) is 1.84. The minimum atomic E-state index is -0.563. The van der Waals surface area contributed by atoms with Crippen LogP contribution in [-0.2, 0) is 0 Å². The van der Waals surface area contributed by atoms with E-state index in [1.165, 1.54) is 0 Å². The van der Waals surface area contributed by atoms with Gasteiger partial charge in [-0.3, -0.25) is 4.79 Å². The molecule has 0 radical (unpaired) electrons. The van der Waals surface area contributed by atoms with Crippen LogP contribution in [0.5, 0.6) is 0 Å². The highest BCUT2D eigenvalue weighted by molar-refractivity contribution is 7.10. The molecule has 0 saturated heterocycles. The molecule has 1 aromatic heterocycles. The van der Waals surface area contributed by atoms with Gasteiger partial charge in [-0.2, -0.15) is 0 Å². The molecule has 0 bridgehead atoms. The SMILES string of the molecule is CN(c1ccccc1)c1snnc1C(N)=O. The Morgan fingerprint density at radius 3 is 2.69 bits per heavy atom. The van der Waals surface area contributed by atoms with Crippen molar-refractivity contribution in [3.8, 4) is 0 Å². The van der Waals surface area contributed by atoms with Crippen molar-refractivity contribution in [2.75, 3.05) is 11.9 Å². The second-order valence-electron chi connectivity index (χ2n) is 3.19. The quantitative estimate of drug-likeness (QED) is 0.871. The Morgan fingerprint density at radius 1 is 1.38 bits per heavy atom. The van der Waals surface area contributed by atoms with Crippen molar-refractivity contribution in [1.29, 1.82) is 0 Å². The number of hydrogen-bond acceptors (Lipinski definition) is 5. The Morgan fingerprint density at radius 2 is 2.06 bits per heavy atom. The molecule has 0 aliphatic carbocycles. The van der Waals surface area contributed by atoms with Gasteiger partial charge in [0.1, 0.15) is 5.00 Å². The molecule has 1 heterocycles.